The first kappa shape index (κ1) is 13.0. The molecular weight excluding hydrogens is 275 g/mol. The van der Waals surface area contributed by atoms with Crippen molar-refractivity contribution in [2.24, 2.45) is 0 Å². The Bertz CT molecular complexity index is 1090. The van der Waals surface area contributed by atoms with Crippen LogP contribution in [0.3, 0.4) is 0 Å². The van der Waals surface area contributed by atoms with Crippen molar-refractivity contribution in [1.29, 1.82) is 0 Å². The van der Waals surface area contributed by atoms with E-state index in [1.165, 1.54) is 43.8 Å². The number of hydrogen-bond donors (Lipinski definition) is 0. The van der Waals surface area contributed by atoms with Crippen molar-refractivity contribution < 1.29 is 0 Å². The van der Waals surface area contributed by atoms with Gasteiger partial charge in [0, 0.05) is 0 Å². The summed E-state index contributed by atoms with van der Waals surface area (Å²) in [6, 6.07) is 26.7. The summed E-state index contributed by atoms with van der Waals surface area (Å²) in [6.07, 6.45) is 0. The first-order valence-corrected chi connectivity index (χ1v) is 8.23. The summed E-state index contributed by atoms with van der Waals surface area (Å²) in [7, 11) is 2.36. The second-order valence-electron chi connectivity index (χ2n) is 7.05. The maximum absolute atomic E-state index is 2.36. The minimum Gasteiger partial charge on any atom is -0.0619 e. The normalized spacial score (nSPS) is 19.0. The van der Waals surface area contributed by atoms with Crippen LogP contribution >= 0.6 is 0 Å². The van der Waals surface area contributed by atoms with Crippen LogP contribution in [0.5, 0.6) is 0 Å². The van der Waals surface area contributed by atoms with E-state index in [0.717, 1.165) is 0 Å². The van der Waals surface area contributed by atoms with Gasteiger partial charge in [0.05, 0.1) is 0 Å². The summed E-state index contributed by atoms with van der Waals surface area (Å²) in [5.41, 5.74) is 5.65. The molecular formula is C22H17B. The number of hydrogen-bond acceptors (Lipinski definition) is 0. The maximum atomic E-state index is 2.36. The summed E-state index contributed by atoms with van der Waals surface area (Å²) in [4.78, 5) is 0. The van der Waals surface area contributed by atoms with Gasteiger partial charge in [-0.1, -0.05) is 73.7 Å². The summed E-state index contributed by atoms with van der Waals surface area (Å²) in [5, 5.41) is 5.49. The van der Waals surface area contributed by atoms with Crippen molar-refractivity contribution in [3.05, 3.63) is 83.9 Å². The van der Waals surface area contributed by atoms with E-state index in [1.807, 2.05) is 0 Å². The Morgan fingerprint density at radius 1 is 0.739 bits per heavy atom. The highest BCUT2D eigenvalue weighted by Gasteiger charge is 2.34. The number of benzene rings is 4. The first-order valence-electron chi connectivity index (χ1n) is 8.23. The van der Waals surface area contributed by atoms with E-state index in [9.17, 15) is 0 Å². The predicted molar refractivity (Wildman–Crippen MR) is 102 cm³/mol. The SMILES string of the molecule is BC1(C)c2ccccc2-c2cccc3cc4ccccc4c1c23. The van der Waals surface area contributed by atoms with Crippen molar-refractivity contribution in [2.75, 3.05) is 0 Å². The van der Waals surface area contributed by atoms with Crippen LogP contribution in [0, 0.1) is 0 Å². The van der Waals surface area contributed by atoms with Gasteiger partial charge in [-0.05, 0) is 55.2 Å². The van der Waals surface area contributed by atoms with Gasteiger partial charge in [0.2, 0.25) is 0 Å². The lowest BCUT2D eigenvalue weighted by molar-refractivity contribution is 0.834. The zero-order chi connectivity index (χ0) is 15.6. The van der Waals surface area contributed by atoms with Gasteiger partial charge in [-0.2, -0.15) is 0 Å². The highest BCUT2D eigenvalue weighted by Crippen LogP contribution is 2.49. The summed E-state index contributed by atoms with van der Waals surface area (Å²) >= 11 is 0. The molecule has 0 aliphatic heterocycles. The van der Waals surface area contributed by atoms with Crippen molar-refractivity contribution in [1.82, 2.24) is 0 Å². The molecule has 1 atom stereocenters. The minimum atomic E-state index is 0.00403. The van der Waals surface area contributed by atoms with E-state index in [2.05, 4.69) is 87.6 Å². The Morgan fingerprint density at radius 3 is 2.35 bits per heavy atom. The van der Waals surface area contributed by atoms with Crippen LogP contribution in [0.1, 0.15) is 18.1 Å². The Hall–Kier alpha value is -2.54. The molecule has 0 bridgehead atoms. The molecule has 0 saturated heterocycles. The Morgan fingerprint density at radius 2 is 1.43 bits per heavy atom. The van der Waals surface area contributed by atoms with Crippen molar-refractivity contribution in [3.8, 4) is 11.1 Å². The Labute approximate surface area is 137 Å². The highest BCUT2D eigenvalue weighted by molar-refractivity contribution is 6.25. The molecule has 0 saturated carbocycles. The van der Waals surface area contributed by atoms with Crippen molar-refractivity contribution >= 4 is 29.4 Å². The predicted octanol–water partition coefficient (Wildman–Crippen LogP) is 4.87. The topological polar surface area (TPSA) is 0 Å². The molecule has 0 nitrogen and oxygen atoms in total. The molecule has 0 spiro atoms. The summed E-state index contributed by atoms with van der Waals surface area (Å²) in [5.74, 6) is 0. The lowest BCUT2D eigenvalue weighted by Crippen LogP contribution is -2.28. The molecule has 1 unspecified atom stereocenters. The van der Waals surface area contributed by atoms with Gasteiger partial charge >= 0.3 is 0 Å². The molecule has 1 aliphatic carbocycles. The van der Waals surface area contributed by atoms with Crippen molar-refractivity contribution in [3.63, 3.8) is 0 Å². The van der Waals surface area contributed by atoms with Gasteiger partial charge in [-0.15, -0.1) is 0 Å². The van der Waals surface area contributed by atoms with Crippen LogP contribution in [-0.4, -0.2) is 7.85 Å². The fourth-order valence-corrected chi connectivity index (χ4v) is 4.39. The van der Waals surface area contributed by atoms with E-state index >= 15 is 0 Å². The van der Waals surface area contributed by atoms with E-state index in [1.54, 1.807) is 0 Å². The van der Waals surface area contributed by atoms with Crippen LogP contribution in [0.2, 0.25) is 0 Å². The average Bonchev–Trinajstić information content (AvgIpc) is 2.58. The zero-order valence-corrected chi connectivity index (χ0v) is 13.4. The third-order valence-corrected chi connectivity index (χ3v) is 5.40. The van der Waals surface area contributed by atoms with Gasteiger partial charge in [0.1, 0.15) is 7.85 Å². The van der Waals surface area contributed by atoms with E-state index in [-0.39, 0.29) is 5.31 Å². The number of rotatable bonds is 0. The van der Waals surface area contributed by atoms with Crippen LogP contribution in [0.4, 0.5) is 0 Å². The molecule has 0 N–H and O–H groups in total. The molecule has 0 radical (unpaired) electrons. The maximum Gasteiger partial charge on any atom is 0.120 e. The highest BCUT2D eigenvalue weighted by atomic mass is 14.3. The smallest absolute Gasteiger partial charge is 0.0619 e. The lowest BCUT2D eigenvalue weighted by Gasteiger charge is -2.36. The summed E-state index contributed by atoms with van der Waals surface area (Å²) in [6.45, 7) is 2.36. The second kappa shape index (κ2) is 4.26. The molecule has 4 aromatic carbocycles. The summed E-state index contributed by atoms with van der Waals surface area (Å²) < 4.78 is 0. The third kappa shape index (κ3) is 1.57. The minimum absolute atomic E-state index is 0.00403. The average molecular weight is 292 g/mol. The van der Waals surface area contributed by atoms with Crippen LogP contribution < -0.4 is 0 Å². The van der Waals surface area contributed by atoms with Gasteiger partial charge in [-0.3, -0.25) is 0 Å². The number of fused-ring (bicyclic) bond motifs is 4. The van der Waals surface area contributed by atoms with E-state index < -0.39 is 0 Å². The molecule has 108 valence electrons. The molecule has 1 aliphatic rings. The van der Waals surface area contributed by atoms with Gasteiger partial charge in [0.25, 0.3) is 0 Å². The Balaban J connectivity index is 2.12. The third-order valence-electron chi connectivity index (χ3n) is 5.40. The standard InChI is InChI=1S/C22H17B/c1-22(23)19-12-5-4-10-17(19)18-11-6-8-15-13-14-7-2-3-9-16(14)21(22)20(15)18/h2-13H,23H2,1H3. The molecule has 5 rings (SSSR count). The van der Waals surface area contributed by atoms with Crippen LogP contribution in [-0.2, 0) is 5.31 Å². The first-order chi connectivity index (χ1) is 11.2. The molecule has 4 aromatic rings. The van der Waals surface area contributed by atoms with E-state index in [0.29, 0.717) is 0 Å². The van der Waals surface area contributed by atoms with Crippen molar-refractivity contribution in [2.45, 2.75) is 12.2 Å². The van der Waals surface area contributed by atoms with E-state index in [4.69, 9.17) is 0 Å². The fraction of sp³-hybridized carbons (Fsp3) is 0.0909. The van der Waals surface area contributed by atoms with Crippen LogP contribution in [0.25, 0.3) is 32.7 Å². The van der Waals surface area contributed by atoms with Gasteiger partial charge in [-0.25, -0.2) is 0 Å². The molecule has 0 amide bonds. The fourth-order valence-electron chi connectivity index (χ4n) is 4.39. The zero-order valence-electron chi connectivity index (χ0n) is 13.4. The van der Waals surface area contributed by atoms with Crippen LogP contribution in [0.15, 0.2) is 72.8 Å². The molecule has 0 aromatic heterocycles. The molecule has 1 heteroatoms. The van der Waals surface area contributed by atoms with Gasteiger partial charge in [0.15, 0.2) is 0 Å². The Kier molecular flexibility index (Phi) is 2.40. The molecule has 23 heavy (non-hydrogen) atoms. The second-order valence-corrected chi connectivity index (χ2v) is 7.05. The van der Waals surface area contributed by atoms with Gasteiger partial charge < -0.3 is 0 Å². The quantitative estimate of drug-likeness (QED) is 0.320. The monoisotopic (exact) mass is 292 g/mol. The largest absolute Gasteiger partial charge is 0.120 e. The molecule has 0 heterocycles. The molecule has 0 fully saturated rings. The lowest BCUT2D eigenvalue weighted by atomic mass is 9.55.